The van der Waals surface area contributed by atoms with Gasteiger partial charge in [0.15, 0.2) is 0 Å². The number of aromatic nitrogens is 1. The summed E-state index contributed by atoms with van der Waals surface area (Å²) >= 11 is 0. The number of rotatable bonds is 3. The van der Waals surface area contributed by atoms with E-state index >= 15 is 0 Å². The lowest BCUT2D eigenvalue weighted by Crippen LogP contribution is -2.33. The molecule has 7 heteroatoms. The van der Waals surface area contributed by atoms with Crippen molar-refractivity contribution < 1.29 is 13.5 Å². The van der Waals surface area contributed by atoms with E-state index in [1.165, 1.54) is 22.6 Å². The van der Waals surface area contributed by atoms with Gasteiger partial charge in [-0.15, -0.1) is 0 Å². The van der Waals surface area contributed by atoms with Crippen LogP contribution in [0.3, 0.4) is 0 Å². The second-order valence-electron chi connectivity index (χ2n) is 5.38. The van der Waals surface area contributed by atoms with Crippen molar-refractivity contribution in [2.45, 2.75) is 36.7 Å². The molecule has 1 aromatic rings. The smallest absolute Gasteiger partial charge is 0.243 e. The van der Waals surface area contributed by atoms with Crippen LogP contribution in [0.1, 0.15) is 26.2 Å². The Bertz CT molecular complexity index is 572. The Balaban J connectivity index is 2.25. The molecule has 1 unspecified atom stereocenters. The zero-order chi connectivity index (χ0) is 14.8. The molecule has 1 aliphatic heterocycles. The third-order valence-corrected chi connectivity index (χ3v) is 5.54. The van der Waals surface area contributed by atoms with E-state index in [-0.39, 0.29) is 4.90 Å². The van der Waals surface area contributed by atoms with Crippen LogP contribution in [0.2, 0.25) is 0 Å². The van der Waals surface area contributed by atoms with Crippen LogP contribution in [0.4, 0.5) is 5.82 Å². The monoisotopic (exact) mass is 299 g/mol. The van der Waals surface area contributed by atoms with E-state index < -0.39 is 15.6 Å². The molecule has 2 heterocycles. The summed E-state index contributed by atoms with van der Waals surface area (Å²) in [6.45, 7) is 2.54. The van der Waals surface area contributed by atoms with Gasteiger partial charge in [-0.3, -0.25) is 0 Å². The molecule has 2 N–H and O–H groups in total. The molecule has 0 aliphatic carbocycles. The number of pyridine rings is 1. The summed E-state index contributed by atoms with van der Waals surface area (Å²) in [5, 5.41) is 12.9. The first kappa shape index (κ1) is 15.2. The predicted octanol–water partition coefficient (Wildman–Crippen LogP) is 1.05. The Morgan fingerprint density at radius 3 is 2.85 bits per heavy atom. The van der Waals surface area contributed by atoms with E-state index in [0.29, 0.717) is 38.2 Å². The van der Waals surface area contributed by atoms with Gasteiger partial charge in [-0.25, -0.2) is 13.4 Å². The molecule has 0 amide bonds. The maximum absolute atomic E-state index is 12.6. The first-order valence-corrected chi connectivity index (χ1v) is 8.15. The van der Waals surface area contributed by atoms with Crippen molar-refractivity contribution in [3.63, 3.8) is 0 Å². The summed E-state index contributed by atoms with van der Waals surface area (Å²) in [5.74, 6) is 0.521. The third kappa shape index (κ3) is 3.28. The number of hydrogen-bond acceptors (Lipinski definition) is 5. The van der Waals surface area contributed by atoms with E-state index in [2.05, 4.69) is 10.3 Å². The van der Waals surface area contributed by atoms with E-state index in [4.69, 9.17) is 0 Å². The second kappa shape index (κ2) is 5.67. The minimum Gasteiger partial charge on any atom is -0.390 e. The van der Waals surface area contributed by atoms with E-state index in [0.717, 1.165) is 0 Å². The highest BCUT2D eigenvalue weighted by Crippen LogP contribution is 2.26. The SMILES string of the molecule is CNc1cc(S(=O)(=O)N2CCCC(C)(O)CC2)ccn1. The van der Waals surface area contributed by atoms with Gasteiger partial charge in [0, 0.05) is 32.4 Å². The molecule has 0 radical (unpaired) electrons. The molecule has 112 valence electrons. The zero-order valence-corrected chi connectivity index (χ0v) is 12.7. The summed E-state index contributed by atoms with van der Waals surface area (Å²) in [5.41, 5.74) is -0.779. The Hall–Kier alpha value is -1.18. The number of hydrogen-bond donors (Lipinski definition) is 2. The molecular weight excluding hydrogens is 278 g/mol. The molecule has 0 spiro atoms. The lowest BCUT2D eigenvalue weighted by Gasteiger charge is -2.22. The van der Waals surface area contributed by atoms with Gasteiger partial charge in [-0.05, 0) is 32.3 Å². The van der Waals surface area contributed by atoms with Crippen LogP contribution >= 0.6 is 0 Å². The Labute approximate surface area is 119 Å². The number of nitrogens with zero attached hydrogens (tertiary/aromatic N) is 2. The number of aliphatic hydroxyl groups is 1. The molecule has 1 fully saturated rings. The Morgan fingerprint density at radius 2 is 2.15 bits per heavy atom. The van der Waals surface area contributed by atoms with Crippen molar-refractivity contribution in [1.29, 1.82) is 0 Å². The first-order chi connectivity index (χ1) is 9.35. The van der Waals surface area contributed by atoms with Crippen LogP contribution in [0.15, 0.2) is 23.2 Å². The molecule has 0 bridgehead atoms. The van der Waals surface area contributed by atoms with Gasteiger partial charge < -0.3 is 10.4 Å². The molecule has 20 heavy (non-hydrogen) atoms. The van der Waals surface area contributed by atoms with Gasteiger partial charge in [0.2, 0.25) is 10.0 Å². The van der Waals surface area contributed by atoms with Crippen LogP contribution in [0, 0.1) is 0 Å². The van der Waals surface area contributed by atoms with E-state index in [1.807, 2.05) is 0 Å². The lowest BCUT2D eigenvalue weighted by molar-refractivity contribution is 0.0465. The second-order valence-corrected chi connectivity index (χ2v) is 7.32. The maximum atomic E-state index is 12.6. The highest BCUT2D eigenvalue weighted by atomic mass is 32.2. The summed E-state index contributed by atoms with van der Waals surface area (Å²) in [7, 11) is -1.83. The molecule has 0 aromatic carbocycles. The number of sulfonamides is 1. The Kier molecular flexibility index (Phi) is 4.31. The topological polar surface area (TPSA) is 82.5 Å². The lowest BCUT2D eigenvalue weighted by atomic mass is 9.98. The fourth-order valence-corrected chi connectivity index (χ4v) is 3.83. The van der Waals surface area contributed by atoms with Gasteiger partial charge in [0.05, 0.1) is 10.5 Å². The Morgan fingerprint density at radius 1 is 1.40 bits per heavy atom. The zero-order valence-electron chi connectivity index (χ0n) is 11.8. The standard InChI is InChI=1S/C13H21N3O3S/c1-13(17)5-3-8-16(9-6-13)20(18,19)11-4-7-15-12(10-11)14-2/h4,7,10,17H,3,5-6,8-9H2,1-2H3,(H,14,15). The van der Waals surface area contributed by atoms with Crippen LogP contribution in [0.5, 0.6) is 0 Å². The highest BCUT2D eigenvalue weighted by molar-refractivity contribution is 7.89. The number of nitrogens with one attached hydrogen (secondary N) is 1. The van der Waals surface area contributed by atoms with Crippen molar-refractivity contribution in [3.05, 3.63) is 18.3 Å². The summed E-state index contributed by atoms with van der Waals surface area (Å²) in [6, 6.07) is 3.03. The molecular formula is C13H21N3O3S. The van der Waals surface area contributed by atoms with Crippen molar-refractivity contribution in [1.82, 2.24) is 9.29 Å². The van der Waals surface area contributed by atoms with Gasteiger partial charge in [0.25, 0.3) is 0 Å². The number of anilines is 1. The van der Waals surface area contributed by atoms with Gasteiger partial charge in [0.1, 0.15) is 5.82 Å². The average molecular weight is 299 g/mol. The largest absolute Gasteiger partial charge is 0.390 e. The normalized spacial score (nSPS) is 25.1. The van der Waals surface area contributed by atoms with Crippen molar-refractivity contribution in [2.75, 3.05) is 25.5 Å². The summed E-state index contributed by atoms with van der Waals surface area (Å²) in [6.07, 6.45) is 3.22. The molecule has 1 saturated heterocycles. The fourth-order valence-electron chi connectivity index (χ4n) is 2.34. The first-order valence-electron chi connectivity index (χ1n) is 6.71. The van der Waals surface area contributed by atoms with E-state index in [9.17, 15) is 13.5 Å². The summed E-state index contributed by atoms with van der Waals surface area (Å²) in [4.78, 5) is 4.26. The van der Waals surface area contributed by atoms with Crippen molar-refractivity contribution >= 4 is 15.8 Å². The highest BCUT2D eigenvalue weighted by Gasteiger charge is 2.31. The quantitative estimate of drug-likeness (QED) is 0.871. The fraction of sp³-hybridized carbons (Fsp3) is 0.615. The van der Waals surface area contributed by atoms with Crippen molar-refractivity contribution in [2.24, 2.45) is 0 Å². The average Bonchev–Trinajstić information content (AvgIpc) is 2.60. The van der Waals surface area contributed by atoms with Crippen LogP contribution < -0.4 is 5.32 Å². The van der Waals surface area contributed by atoms with E-state index in [1.54, 1.807) is 14.0 Å². The molecule has 1 aromatic heterocycles. The van der Waals surface area contributed by atoms with Crippen LogP contribution in [-0.2, 0) is 10.0 Å². The molecule has 2 rings (SSSR count). The predicted molar refractivity (Wildman–Crippen MR) is 77.0 cm³/mol. The minimum atomic E-state index is -3.53. The van der Waals surface area contributed by atoms with Gasteiger partial charge >= 0.3 is 0 Å². The minimum absolute atomic E-state index is 0.235. The van der Waals surface area contributed by atoms with Crippen molar-refractivity contribution in [3.8, 4) is 0 Å². The third-order valence-electron chi connectivity index (χ3n) is 3.65. The maximum Gasteiger partial charge on any atom is 0.243 e. The molecule has 1 aliphatic rings. The van der Waals surface area contributed by atoms with Crippen LogP contribution in [-0.4, -0.2) is 48.6 Å². The molecule has 6 nitrogen and oxygen atoms in total. The van der Waals surface area contributed by atoms with Gasteiger partial charge in [-0.2, -0.15) is 4.31 Å². The molecule has 1 atom stereocenters. The summed E-state index contributed by atoms with van der Waals surface area (Å²) < 4.78 is 26.7. The van der Waals surface area contributed by atoms with Gasteiger partial charge in [-0.1, -0.05) is 0 Å². The molecule has 0 saturated carbocycles. The van der Waals surface area contributed by atoms with Crippen LogP contribution in [0.25, 0.3) is 0 Å².